The summed E-state index contributed by atoms with van der Waals surface area (Å²) in [7, 11) is 0. The Bertz CT molecular complexity index is 687. The Morgan fingerprint density at radius 2 is 1.31 bits per heavy atom. The van der Waals surface area contributed by atoms with Crippen molar-refractivity contribution in [3.63, 3.8) is 0 Å². The van der Waals surface area contributed by atoms with Crippen LogP contribution in [0.1, 0.15) is 56.1 Å². The number of fused-ring (bicyclic) bond motifs is 2. The summed E-state index contributed by atoms with van der Waals surface area (Å²) < 4.78 is 7.12. The highest BCUT2D eigenvalue weighted by Crippen LogP contribution is 2.50. The van der Waals surface area contributed by atoms with Crippen LogP contribution in [0.15, 0.2) is 60.7 Å². The molecule has 2 aromatic carbocycles. The van der Waals surface area contributed by atoms with E-state index in [2.05, 4.69) is 66.6 Å². The summed E-state index contributed by atoms with van der Waals surface area (Å²) in [5.74, 6) is 4.31. The molecule has 2 aliphatic heterocycles. The zero-order chi connectivity index (χ0) is 17.8. The SMILES string of the molecule is C#CCC(OB1C2CCCC1CCC2)(c1ccccc1)c1ccccc1. The van der Waals surface area contributed by atoms with Crippen molar-refractivity contribution >= 4 is 6.92 Å². The summed E-state index contributed by atoms with van der Waals surface area (Å²) in [6.45, 7) is 0.325. The quantitative estimate of drug-likeness (QED) is 0.473. The summed E-state index contributed by atoms with van der Waals surface area (Å²) in [5.41, 5.74) is 1.80. The summed E-state index contributed by atoms with van der Waals surface area (Å²) in [5, 5.41) is 0. The lowest BCUT2D eigenvalue weighted by molar-refractivity contribution is 0.0978. The first kappa shape index (κ1) is 17.4. The molecular formula is C24H27BO. The maximum Gasteiger partial charge on any atom is 0.301 e. The molecule has 4 rings (SSSR count). The molecule has 26 heavy (non-hydrogen) atoms. The van der Waals surface area contributed by atoms with E-state index >= 15 is 0 Å². The predicted molar refractivity (Wildman–Crippen MR) is 109 cm³/mol. The molecule has 132 valence electrons. The molecule has 2 saturated heterocycles. The first-order valence-corrected chi connectivity index (χ1v) is 10.1. The van der Waals surface area contributed by atoms with Crippen LogP contribution in [-0.4, -0.2) is 6.92 Å². The molecule has 0 saturated carbocycles. The molecule has 0 amide bonds. The standard InChI is InChI=1S/C24H27BO/c1-2-19-24(20-11-5-3-6-12-20,21-13-7-4-8-14-21)26-25-22-15-9-16-23(25)18-10-17-22/h1,3-8,11-14,22-23H,9-10,15-19H2. The van der Waals surface area contributed by atoms with E-state index < -0.39 is 5.60 Å². The molecule has 2 bridgehead atoms. The van der Waals surface area contributed by atoms with Gasteiger partial charge in [-0.3, -0.25) is 0 Å². The van der Waals surface area contributed by atoms with Gasteiger partial charge in [0.25, 0.3) is 0 Å². The molecule has 2 aliphatic rings. The second-order valence-corrected chi connectivity index (χ2v) is 7.90. The van der Waals surface area contributed by atoms with Gasteiger partial charge in [0.2, 0.25) is 0 Å². The summed E-state index contributed by atoms with van der Waals surface area (Å²) in [4.78, 5) is 0. The third-order valence-electron chi connectivity index (χ3n) is 6.40. The lowest BCUT2D eigenvalue weighted by Gasteiger charge is -2.45. The fourth-order valence-corrected chi connectivity index (χ4v) is 5.15. The second-order valence-electron chi connectivity index (χ2n) is 7.90. The zero-order valence-electron chi connectivity index (χ0n) is 15.4. The lowest BCUT2D eigenvalue weighted by Crippen LogP contribution is -2.45. The van der Waals surface area contributed by atoms with Crippen molar-refractivity contribution in [2.45, 2.75) is 62.2 Å². The minimum Gasteiger partial charge on any atom is -0.422 e. The molecular weight excluding hydrogens is 315 g/mol. The van der Waals surface area contributed by atoms with Crippen LogP contribution in [-0.2, 0) is 10.3 Å². The Hall–Kier alpha value is -1.98. The molecule has 0 N–H and O–H groups in total. The number of terminal acetylenes is 1. The van der Waals surface area contributed by atoms with Crippen molar-refractivity contribution in [2.24, 2.45) is 0 Å². The Morgan fingerprint density at radius 1 is 0.846 bits per heavy atom. The van der Waals surface area contributed by atoms with Gasteiger partial charge in [0, 0.05) is 6.42 Å². The Labute approximate surface area is 158 Å². The maximum absolute atomic E-state index is 7.12. The highest BCUT2D eigenvalue weighted by Gasteiger charge is 2.47. The number of hydrogen-bond donors (Lipinski definition) is 0. The Kier molecular flexibility index (Phi) is 5.18. The molecule has 2 heteroatoms. The van der Waals surface area contributed by atoms with Crippen LogP contribution < -0.4 is 0 Å². The molecule has 0 aliphatic carbocycles. The molecule has 2 aromatic rings. The van der Waals surface area contributed by atoms with Gasteiger partial charge >= 0.3 is 6.92 Å². The lowest BCUT2D eigenvalue weighted by atomic mass is 9.37. The third kappa shape index (κ3) is 3.22. The summed E-state index contributed by atoms with van der Waals surface area (Å²) >= 11 is 0. The van der Waals surface area contributed by atoms with Gasteiger partial charge in [-0.15, -0.1) is 12.3 Å². The first-order chi connectivity index (χ1) is 12.8. The predicted octanol–water partition coefficient (Wildman–Crippen LogP) is 6.07. The van der Waals surface area contributed by atoms with Crippen LogP contribution in [0.2, 0.25) is 11.6 Å². The number of benzene rings is 2. The van der Waals surface area contributed by atoms with E-state index in [1.807, 2.05) is 0 Å². The minimum absolute atomic E-state index is 0.325. The summed E-state index contributed by atoms with van der Waals surface area (Å²) in [6, 6.07) is 21.2. The average molecular weight is 342 g/mol. The van der Waals surface area contributed by atoms with Crippen LogP contribution >= 0.6 is 0 Å². The van der Waals surface area contributed by atoms with E-state index in [0.717, 1.165) is 0 Å². The van der Waals surface area contributed by atoms with Crippen LogP contribution in [0, 0.1) is 12.3 Å². The molecule has 2 heterocycles. The molecule has 0 unspecified atom stereocenters. The van der Waals surface area contributed by atoms with Crippen LogP contribution in [0.3, 0.4) is 0 Å². The van der Waals surface area contributed by atoms with Gasteiger partial charge < -0.3 is 4.65 Å². The van der Waals surface area contributed by atoms with Gasteiger partial charge in [0.05, 0.1) is 0 Å². The van der Waals surface area contributed by atoms with E-state index in [1.165, 1.54) is 49.7 Å². The van der Waals surface area contributed by atoms with Crippen LogP contribution in [0.5, 0.6) is 0 Å². The topological polar surface area (TPSA) is 9.23 Å². The molecule has 0 spiro atoms. The van der Waals surface area contributed by atoms with E-state index in [1.54, 1.807) is 0 Å². The second kappa shape index (κ2) is 7.72. The van der Waals surface area contributed by atoms with Crippen molar-refractivity contribution in [2.75, 3.05) is 0 Å². The fraction of sp³-hybridized carbons (Fsp3) is 0.417. The van der Waals surface area contributed by atoms with Gasteiger partial charge in [-0.1, -0.05) is 99.2 Å². The van der Waals surface area contributed by atoms with Crippen molar-refractivity contribution in [1.82, 2.24) is 0 Å². The molecule has 1 nitrogen and oxygen atoms in total. The number of hydrogen-bond acceptors (Lipinski definition) is 1. The van der Waals surface area contributed by atoms with Crippen LogP contribution in [0.4, 0.5) is 0 Å². The smallest absolute Gasteiger partial charge is 0.301 e. The summed E-state index contributed by atoms with van der Waals surface area (Å²) in [6.07, 6.45) is 14.4. The highest BCUT2D eigenvalue weighted by atomic mass is 16.5. The van der Waals surface area contributed by atoms with Gasteiger partial charge in [0.15, 0.2) is 0 Å². The van der Waals surface area contributed by atoms with Crippen molar-refractivity contribution in [3.8, 4) is 12.3 Å². The fourth-order valence-electron chi connectivity index (χ4n) is 5.15. The van der Waals surface area contributed by atoms with Crippen molar-refractivity contribution in [3.05, 3.63) is 71.8 Å². The maximum atomic E-state index is 7.12. The molecule has 0 aromatic heterocycles. The van der Waals surface area contributed by atoms with Gasteiger partial charge in [-0.05, 0) is 22.8 Å². The Morgan fingerprint density at radius 3 is 1.73 bits per heavy atom. The third-order valence-corrected chi connectivity index (χ3v) is 6.40. The normalized spacial score (nSPS) is 22.7. The molecule has 0 radical (unpaired) electrons. The van der Waals surface area contributed by atoms with Gasteiger partial charge in [-0.25, -0.2) is 0 Å². The minimum atomic E-state index is -0.548. The van der Waals surface area contributed by atoms with Crippen molar-refractivity contribution < 1.29 is 4.65 Å². The highest BCUT2D eigenvalue weighted by molar-refractivity contribution is 6.56. The largest absolute Gasteiger partial charge is 0.422 e. The van der Waals surface area contributed by atoms with E-state index in [-0.39, 0.29) is 0 Å². The average Bonchev–Trinajstić information content (AvgIpc) is 2.69. The van der Waals surface area contributed by atoms with E-state index in [0.29, 0.717) is 25.0 Å². The zero-order valence-corrected chi connectivity index (χ0v) is 15.4. The first-order valence-electron chi connectivity index (χ1n) is 10.1. The van der Waals surface area contributed by atoms with Gasteiger partial charge in [0.1, 0.15) is 5.60 Å². The van der Waals surface area contributed by atoms with E-state index in [4.69, 9.17) is 11.1 Å². The Balaban J connectivity index is 1.79. The van der Waals surface area contributed by atoms with Gasteiger partial charge in [-0.2, -0.15) is 0 Å². The molecule has 0 atom stereocenters. The molecule has 2 fully saturated rings. The number of rotatable bonds is 5. The van der Waals surface area contributed by atoms with Crippen molar-refractivity contribution in [1.29, 1.82) is 0 Å². The monoisotopic (exact) mass is 342 g/mol. The van der Waals surface area contributed by atoms with E-state index in [9.17, 15) is 0 Å². The van der Waals surface area contributed by atoms with Crippen LogP contribution in [0.25, 0.3) is 0 Å².